The van der Waals surface area contributed by atoms with Crippen molar-refractivity contribution < 1.29 is 4.39 Å². The van der Waals surface area contributed by atoms with Crippen LogP contribution in [0.2, 0.25) is 5.02 Å². The first-order valence-corrected chi connectivity index (χ1v) is 6.00. The van der Waals surface area contributed by atoms with Crippen LogP contribution in [0, 0.1) is 5.82 Å². The first-order valence-electron chi connectivity index (χ1n) is 5.62. The number of nitrogens with one attached hydrogen (secondary N) is 2. The monoisotopic (exact) mass is 265 g/mol. The van der Waals surface area contributed by atoms with Crippen LogP contribution in [0.25, 0.3) is 0 Å². The standard InChI is InChI=1S/C13H13ClFN3/c1-2-16-11-7-4-8-12(18-11)17-10-6-3-5-9(14)13(10)15/h3-8H,2H2,1H3,(H2,16,17,18). The van der Waals surface area contributed by atoms with Crippen LogP contribution in [0.4, 0.5) is 21.7 Å². The van der Waals surface area contributed by atoms with Crippen LogP contribution in [0.1, 0.15) is 6.92 Å². The summed E-state index contributed by atoms with van der Waals surface area (Å²) in [6, 6.07) is 10.3. The van der Waals surface area contributed by atoms with E-state index < -0.39 is 5.82 Å². The highest BCUT2D eigenvalue weighted by Crippen LogP contribution is 2.24. The van der Waals surface area contributed by atoms with Crippen molar-refractivity contribution in [3.63, 3.8) is 0 Å². The normalized spacial score (nSPS) is 10.2. The van der Waals surface area contributed by atoms with Gasteiger partial charge in [0.15, 0.2) is 5.82 Å². The molecule has 0 saturated heterocycles. The van der Waals surface area contributed by atoms with Gasteiger partial charge in [-0.3, -0.25) is 0 Å². The van der Waals surface area contributed by atoms with Gasteiger partial charge in [-0.2, -0.15) is 0 Å². The summed E-state index contributed by atoms with van der Waals surface area (Å²) in [5, 5.41) is 6.08. The van der Waals surface area contributed by atoms with E-state index in [1.165, 1.54) is 6.07 Å². The average molecular weight is 266 g/mol. The van der Waals surface area contributed by atoms with Crippen molar-refractivity contribution >= 4 is 28.9 Å². The molecule has 0 amide bonds. The molecule has 2 aromatic rings. The zero-order valence-electron chi connectivity index (χ0n) is 9.87. The fourth-order valence-corrected chi connectivity index (χ4v) is 1.70. The maximum atomic E-state index is 13.7. The third kappa shape index (κ3) is 2.90. The van der Waals surface area contributed by atoms with E-state index >= 15 is 0 Å². The van der Waals surface area contributed by atoms with E-state index in [0.717, 1.165) is 12.4 Å². The number of hydrogen-bond acceptors (Lipinski definition) is 3. The molecule has 0 atom stereocenters. The largest absolute Gasteiger partial charge is 0.370 e. The lowest BCUT2D eigenvalue weighted by Crippen LogP contribution is -2.02. The van der Waals surface area contributed by atoms with Crippen molar-refractivity contribution in [3.05, 3.63) is 47.2 Å². The van der Waals surface area contributed by atoms with Gasteiger partial charge in [-0.25, -0.2) is 9.37 Å². The molecule has 2 N–H and O–H groups in total. The molecule has 0 fully saturated rings. The van der Waals surface area contributed by atoms with Crippen molar-refractivity contribution in [1.82, 2.24) is 4.98 Å². The van der Waals surface area contributed by atoms with Crippen molar-refractivity contribution in [3.8, 4) is 0 Å². The Morgan fingerprint density at radius 3 is 2.67 bits per heavy atom. The van der Waals surface area contributed by atoms with Crippen LogP contribution in [-0.4, -0.2) is 11.5 Å². The fraction of sp³-hybridized carbons (Fsp3) is 0.154. The predicted molar refractivity (Wildman–Crippen MR) is 73.1 cm³/mol. The van der Waals surface area contributed by atoms with Gasteiger partial charge in [0, 0.05) is 6.54 Å². The highest BCUT2D eigenvalue weighted by atomic mass is 35.5. The third-order valence-corrected chi connectivity index (χ3v) is 2.61. The number of hydrogen-bond donors (Lipinski definition) is 2. The van der Waals surface area contributed by atoms with Crippen LogP contribution < -0.4 is 10.6 Å². The molecule has 94 valence electrons. The molecule has 5 heteroatoms. The zero-order valence-corrected chi connectivity index (χ0v) is 10.6. The van der Waals surface area contributed by atoms with Crippen LogP contribution in [0.3, 0.4) is 0 Å². The van der Waals surface area contributed by atoms with E-state index in [1.807, 2.05) is 19.1 Å². The highest BCUT2D eigenvalue weighted by Gasteiger charge is 2.06. The first kappa shape index (κ1) is 12.6. The first-order chi connectivity index (χ1) is 8.70. The summed E-state index contributed by atoms with van der Waals surface area (Å²) >= 11 is 5.71. The molecule has 1 heterocycles. The van der Waals surface area contributed by atoms with Gasteiger partial charge in [-0.15, -0.1) is 0 Å². The number of benzene rings is 1. The Kier molecular flexibility index (Phi) is 3.99. The van der Waals surface area contributed by atoms with E-state index in [4.69, 9.17) is 11.6 Å². The van der Waals surface area contributed by atoms with E-state index in [0.29, 0.717) is 11.5 Å². The van der Waals surface area contributed by atoms with E-state index in [9.17, 15) is 4.39 Å². The summed E-state index contributed by atoms with van der Waals surface area (Å²) in [7, 11) is 0. The number of halogens is 2. The number of nitrogens with zero attached hydrogens (tertiary/aromatic N) is 1. The van der Waals surface area contributed by atoms with Crippen molar-refractivity contribution in [2.75, 3.05) is 17.2 Å². The van der Waals surface area contributed by atoms with Gasteiger partial charge in [0.25, 0.3) is 0 Å². The Hall–Kier alpha value is -1.81. The second-order valence-electron chi connectivity index (χ2n) is 3.66. The Balaban J connectivity index is 2.23. The molecule has 3 nitrogen and oxygen atoms in total. The molecule has 2 rings (SSSR count). The minimum absolute atomic E-state index is 0.0860. The number of rotatable bonds is 4. The van der Waals surface area contributed by atoms with Crippen molar-refractivity contribution in [2.45, 2.75) is 6.92 Å². The molecule has 0 aliphatic heterocycles. The van der Waals surface area contributed by atoms with Gasteiger partial charge in [0.2, 0.25) is 0 Å². The molecule has 1 aromatic carbocycles. The van der Waals surface area contributed by atoms with Crippen LogP contribution in [0.5, 0.6) is 0 Å². The van der Waals surface area contributed by atoms with Gasteiger partial charge in [-0.1, -0.05) is 23.7 Å². The maximum absolute atomic E-state index is 13.7. The molecule has 0 saturated carbocycles. The summed E-state index contributed by atoms with van der Waals surface area (Å²) in [5.41, 5.74) is 0.309. The smallest absolute Gasteiger partial charge is 0.165 e. The third-order valence-electron chi connectivity index (χ3n) is 2.32. The lowest BCUT2D eigenvalue weighted by Gasteiger charge is -2.09. The summed E-state index contributed by atoms with van der Waals surface area (Å²) in [5.74, 6) is 0.828. The minimum Gasteiger partial charge on any atom is -0.370 e. The maximum Gasteiger partial charge on any atom is 0.165 e. The second-order valence-corrected chi connectivity index (χ2v) is 4.07. The molecule has 0 aliphatic carbocycles. The molecule has 0 radical (unpaired) electrons. The van der Waals surface area contributed by atoms with Gasteiger partial charge in [0.1, 0.15) is 11.6 Å². The molecule has 0 aliphatic rings. The molecule has 0 spiro atoms. The average Bonchev–Trinajstić information content (AvgIpc) is 2.36. The van der Waals surface area contributed by atoms with E-state index in [-0.39, 0.29) is 5.02 Å². The Morgan fingerprint density at radius 1 is 1.17 bits per heavy atom. The van der Waals surface area contributed by atoms with Gasteiger partial charge in [-0.05, 0) is 31.2 Å². The van der Waals surface area contributed by atoms with E-state index in [1.54, 1.807) is 18.2 Å². The van der Waals surface area contributed by atoms with Crippen LogP contribution in [-0.2, 0) is 0 Å². The molecule has 0 unspecified atom stereocenters. The second kappa shape index (κ2) is 5.69. The quantitative estimate of drug-likeness (QED) is 0.876. The minimum atomic E-state index is -0.477. The Labute approximate surface area is 110 Å². The Bertz CT molecular complexity index is 546. The molecule has 1 aromatic heterocycles. The topological polar surface area (TPSA) is 37.0 Å². The molecular formula is C13H13ClFN3. The number of pyridine rings is 1. The lowest BCUT2D eigenvalue weighted by molar-refractivity contribution is 0.632. The fourth-order valence-electron chi connectivity index (χ4n) is 1.52. The number of aromatic nitrogens is 1. The van der Waals surface area contributed by atoms with Crippen molar-refractivity contribution in [1.29, 1.82) is 0 Å². The predicted octanol–water partition coefficient (Wildman–Crippen LogP) is 4.05. The SMILES string of the molecule is CCNc1cccc(Nc2cccc(Cl)c2F)n1. The summed E-state index contributed by atoms with van der Waals surface area (Å²) < 4.78 is 13.7. The van der Waals surface area contributed by atoms with Gasteiger partial charge in [0.05, 0.1) is 10.7 Å². The van der Waals surface area contributed by atoms with Gasteiger partial charge >= 0.3 is 0 Å². The van der Waals surface area contributed by atoms with Crippen molar-refractivity contribution in [2.24, 2.45) is 0 Å². The molecule has 18 heavy (non-hydrogen) atoms. The number of anilines is 3. The van der Waals surface area contributed by atoms with Crippen LogP contribution in [0.15, 0.2) is 36.4 Å². The highest BCUT2D eigenvalue weighted by molar-refractivity contribution is 6.31. The zero-order chi connectivity index (χ0) is 13.0. The summed E-state index contributed by atoms with van der Waals surface area (Å²) in [4.78, 5) is 4.30. The summed E-state index contributed by atoms with van der Waals surface area (Å²) in [6.45, 7) is 2.76. The molecule has 0 bridgehead atoms. The van der Waals surface area contributed by atoms with Gasteiger partial charge < -0.3 is 10.6 Å². The molecular weight excluding hydrogens is 253 g/mol. The summed E-state index contributed by atoms with van der Waals surface area (Å²) in [6.07, 6.45) is 0. The lowest BCUT2D eigenvalue weighted by atomic mass is 10.3. The van der Waals surface area contributed by atoms with E-state index in [2.05, 4.69) is 15.6 Å². The Morgan fingerprint density at radius 2 is 1.89 bits per heavy atom. The van der Waals surface area contributed by atoms with Crippen LogP contribution >= 0.6 is 11.6 Å².